The van der Waals surface area contributed by atoms with E-state index in [1.807, 2.05) is 37.4 Å². The lowest BCUT2D eigenvalue weighted by atomic mass is 10.1. The molecule has 0 aliphatic heterocycles. The molecule has 0 radical (unpaired) electrons. The summed E-state index contributed by atoms with van der Waals surface area (Å²) >= 11 is 0. The first-order valence-electron chi connectivity index (χ1n) is 5.66. The Morgan fingerprint density at radius 2 is 2.00 bits per heavy atom. The maximum absolute atomic E-state index is 5.92. The van der Waals surface area contributed by atoms with Gasteiger partial charge in [0.15, 0.2) is 0 Å². The third-order valence-electron chi connectivity index (χ3n) is 2.47. The van der Waals surface area contributed by atoms with Gasteiger partial charge in [0.05, 0.1) is 6.20 Å². The van der Waals surface area contributed by atoms with E-state index in [-0.39, 0.29) is 6.10 Å². The van der Waals surface area contributed by atoms with Crippen LogP contribution in [0.4, 0.5) is 0 Å². The SMILES string of the molecule is CNCC(Oc1cccnc1)c1ccccc1. The van der Waals surface area contributed by atoms with E-state index in [2.05, 4.69) is 22.4 Å². The molecule has 0 saturated carbocycles. The molecule has 0 spiro atoms. The minimum Gasteiger partial charge on any atom is -0.483 e. The van der Waals surface area contributed by atoms with E-state index in [4.69, 9.17) is 4.74 Å². The number of benzene rings is 1. The molecule has 1 atom stereocenters. The highest BCUT2D eigenvalue weighted by Gasteiger charge is 2.11. The minimum atomic E-state index is 0.00500. The van der Waals surface area contributed by atoms with Gasteiger partial charge in [-0.3, -0.25) is 4.98 Å². The third kappa shape index (κ3) is 3.29. The van der Waals surface area contributed by atoms with Crippen LogP contribution >= 0.6 is 0 Å². The summed E-state index contributed by atoms with van der Waals surface area (Å²) in [5.41, 5.74) is 1.16. The molecule has 3 heteroatoms. The number of hydrogen-bond acceptors (Lipinski definition) is 3. The summed E-state index contributed by atoms with van der Waals surface area (Å²) in [4.78, 5) is 4.05. The second-order valence-electron chi connectivity index (χ2n) is 3.76. The molecule has 0 aliphatic carbocycles. The smallest absolute Gasteiger partial charge is 0.138 e. The van der Waals surface area contributed by atoms with E-state index in [0.29, 0.717) is 0 Å². The molecule has 2 rings (SSSR count). The quantitative estimate of drug-likeness (QED) is 0.853. The summed E-state index contributed by atoms with van der Waals surface area (Å²) in [6.45, 7) is 0.763. The fourth-order valence-corrected chi connectivity index (χ4v) is 1.66. The average Bonchev–Trinajstić information content (AvgIpc) is 2.40. The van der Waals surface area contributed by atoms with Crippen molar-refractivity contribution in [3.05, 3.63) is 60.4 Å². The molecule has 17 heavy (non-hydrogen) atoms. The van der Waals surface area contributed by atoms with Gasteiger partial charge < -0.3 is 10.1 Å². The Morgan fingerprint density at radius 1 is 1.18 bits per heavy atom. The fraction of sp³-hybridized carbons (Fsp3) is 0.214. The molecular formula is C14H16N2O. The number of rotatable bonds is 5. The van der Waals surface area contributed by atoms with Crippen LogP contribution < -0.4 is 10.1 Å². The van der Waals surface area contributed by atoms with E-state index in [9.17, 15) is 0 Å². The standard InChI is InChI=1S/C14H16N2O/c1-15-11-14(12-6-3-2-4-7-12)17-13-8-5-9-16-10-13/h2-10,14-15H,11H2,1H3. The van der Waals surface area contributed by atoms with Crippen LogP contribution in [0.5, 0.6) is 5.75 Å². The molecular weight excluding hydrogens is 212 g/mol. The van der Waals surface area contributed by atoms with Crippen molar-refractivity contribution in [2.75, 3.05) is 13.6 Å². The average molecular weight is 228 g/mol. The molecule has 2 aromatic rings. The Labute approximate surface area is 101 Å². The Balaban J connectivity index is 2.13. The van der Waals surface area contributed by atoms with Crippen molar-refractivity contribution in [1.82, 2.24) is 10.3 Å². The predicted octanol–water partition coefficient (Wildman–Crippen LogP) is 2.42. The molecule has 0 saturated heterocycles. The fourth-order valence-electron chi connectivity index (χ4n) is 1.66. The lowest BCUT2D eigenvalue weighted by molar-refractivity contribution is 0.204. The Kier molecular flexibility index (Phi) is 4.11. The van der Waals surface area contributed by atoms with E-state index < -0.39 is 0 Å². The third-order valence-corrected chi connectivity index (χ3v) is 2.47. The molecule has 1 heterocycles. The maximum atomic E-state index is 5.92. The van der Waals surface area contributed by atoms with E-state index in [1.54, 1.807) is 12.4 Å². The normalized spacial score (nSPS) is 12.1. The zero-order chi connectivity index (χ0) is 11.9. The second kappa shape index (κ2) is 6.01. The van der Waals surface area contributed by atoms with Gasteiger partial charge in [0.25, 0.3) is 0 Å². The van der Waals surface area contributed by atoms with Crippen LogP contribution in [0.15, 0.2) is 54.9 Å². The summed E-state index contributed by atoms with van der Waals surface area (Å²) in [6.07, 6.45) is 3.47. The van der Waals surface area contributed by atoms with Crippen molar-refractivity contribution in [2.45, 2.75) is 6.10 Å². The van der Waals surface area contributed by atoms with Gasteiger partial charge in [-0.05, 0) is 24.7 Å². The van der Waals surface area contributed by atoms with Gasteiger partial charge in [0, 0.05) is 12.7 Å². The molecule has 1 N–H and O–H groups in total. The van der Waals surface area contributed by atoms with Gasteiger partial charge in [-0.15, -0.1) is 0 Å². The number of nitrogens with one attached hydrogen (secondary N) is 1. The summed E-state index contributed by atoms with van der Waals surface area (Å²) < 4.78 is 5.92. The second-order valence-corrected chi connectivity index (χ2v) is 3.76. The number of hydrogen-bond donors (Lipinski definition) is 1. The number of likely N-dealkylation sites (N-methyl/N-ethyl adjacent to an activating group) is 1. The summed E-state index contributed by atoms with van der Waals surface area (Å²) in [5.74, 6) is 0.789. The monoisotopic (exact) mass is 228 g/mol. The van der Waals surface area contributed by atoms with Crippen LogP contribution in [-0.4, -0.2) is 18.6 Å². The highest BCUT2D eigenvalue weighted by molar-refractivity contribution is 5.22. The highest BCUT2D eigenvalue weighted by atomic mass is 16.5. The van der Waals surface area contributed by atoms with E-state index >= 15 is 0 Å². The van der Waals surface area contributed by atoms with E-state index in [0.717, 1.165) is 17.9 Å². The van der Waals surface area contributed by atoms with Crippen molar-refractivity contribution >= 4 is 0 Å². The summed E-state index contributed by atoms with van der Waals surface area (Å²) in [5, 5.41) is 3.14. The van der Waals surface area contributed by atoms with E-state index in [1.165, 1.54) is 0 Å². The molecule has 1 aromatic heterocycles. The van der Waals surface area contributed by atoms with Crippen LogP contribution in [-0.2, 0) is 0 Å². The van der Waals surface area contributed by atoms with Crippen molar-refractivity contribution in [1.29, 1.82) is 0 Å². The lowest BCUT2D eigenvalue weighted by Gasteiger charge is -2.18. The Morgan fingerprint density at radius 3 is 2.65 bits per heavy atom. The van der Waals surface area contributed by atoms with Crippen LogP contribution in [0.3, 0.4) is 0 Å². The molecule has 0 amide bonds. The van der Waals surface area contributed by atoms with Gasteiger partial charge in [-0.2, -0.15) is 0 Å². The number of ether oxygens (including phenoxy) is 1. The number of pyridine rings is 1. The van der Waals surface area contributed by atoms with Crippen molar-refractivity contribution < 1.29 is 4.74 Å². The van der Waals surface area contributed by atoms with Crippen molar-refractivity contribution in [3.63, 3.8) is 0 Å². The minimum absolute atomic E-state index is 0.00500. The van der Waals surface area contributed by atoms with Crippen LogP contribution in [0.25, 0.3) is 0 Å². The number of nitrogens with zero attached hydrogens (tertiary/aromatic N) is 1. The van der Waals surface area contributed by atoms with Gasteiger partial charge >= 0.3 is 0 Å². The zero-order valence-corrected chi connectivity index (χ0v) is 9.84. The van der Waals surface area contributed by atoms with Crippen LogP contribution in [0.2, 0.25) is 0 Å². The molecule has 0 bridgehead atoms. The summed E-state index contributed by atoms with van der Waals surface area (Å²) in [6, 6.07) is 14.0. The van der Waals surface area contributed by atoms with Crippen LogP contribution in [0.1, 0.15) is 11.7 Å². The largest absolute Gasteiger partial charge is 0.483 e. The topological polar surface area (TPSA) is 34.1 Å². The van der Waals surface area contributed by atoms with Gasteiger partial charge in [-0.1, -0.05) is 30.3 Å². The molecule has 88 valence electrons. The molecule has 1 aromatic carbocycles. The van der Waals surface area contributed by atoms with Gasteiger partial charge in [0.2, 0.25) is 0 Å². The van der Waals surface area contributed by atoms with Crippen molar-refractivity contribution in [3.8, 4) is 5.75 Å². The first-order valence-corrected chi connectivity index (χ1v) is 5.66. The predicted molar refractivity (Wildman–Crippen MR) is 68.0 cm³/mol. The highest BCUT2D eigenvalue weighted by Crippen LogP contribution is 2.20. The summed E-state index contributed by atoms with van der Waals surface area (Å²) in [7, 11) is 1.92. The Bertz CT molecular complexity index is 430. The van der Waals surface area contributed by atoms with Crippen LogP contribution in [0, 0.1) is 0 Å². The van der Waals surface area contributed by atoms with Gasteiger partial charge in [-0.25, -0.2) is 0 Å². The Hall–Kier alpha value is -1.87. The first-order chi connectivity index (χ1) is 8.40. The number of aromatic nitrogens is 1. The van der Waals surface area contributed by atoms with Crippen molar-refractivity contribution in [2.24, 2.45) is 0 Å². The lowest BCUT2D eigenvalue weighted by Crippen LogP contribution is -2.21. The molecule has 3 nitrogen and oxygen atoms in total. The first kappa shape index (κ1) is 11.6. The van der Waals surface area contributed by atoms with Gasteiger partial charge in [0.1, 0.15) is 11.9 Å². The zero-order valence-electron chi connectivity index (χ0n) is 9.84. The maximum Gasteiger partial charge on any atom is 0.138 e. The molecule has 1 unspecified atom stereocenters. The molecule has 0 fully saturated rings. The molecule has 0 aliphatic rings.